The van der Waals surface area contributed by atoms with E-state index in [-0.39, 0.29) is 72.9 Å². The van der Waals surface area contributed by atoms with E-state index in [1.807, 2.05) is 212 Å². The number of nitrogens with zero attached hydrogens (tertiary/aromatic N) is 5. The van der Waals surface area contributed by atoms with E-state index < -0.39 is 24.2 Å². The minimum Gasteiger partial charge on any atom is -0.330 e. The Morgan fingerprint density at radius 2 is 0.590 bits per heavy atom. The average molecular weight is 1330 g/mol. The van der Waals surface area contributed by atoms with Gasteiger partial charge in [0.05, 0.1) is 25.7 Å². The van der Waals surface area contributed by atoms with Gasteiger partial charge in [-0.25, -0.2) is 4.98 Å². The molecule has 4 N–H and O–H groups in total. The molecule has 9 aromatic carbocycles. The highest BCUT2D eigenvalue weighted by Gasteiger charge is 2.38. The van der Waals surface area contributed by atoms with Crippen molar-refractivity contribution in [2.45, 2.75) is 101 Å². The van der Waals surface area contributed by atoms with Gasteiger partial charge in [0.2, 0.25) is 47.3 Å². The first-order valence-corrected chi connectivity index (χ1v) is 34.5. The van der Waals surface area contributed by atoms with E-state index in [9.17, 15) is 38.4 Å². The molecule has 5 heterocycles. The molecule has 0 spiro atoms. The zero-order chi connectivity index (χ0) is 68.9. The summed E-state index contributed by atoms with van der Waals surface area (Å²) in [6, 6.07) is 71.8. The molecule has 10 aromatic rings. The van der Waals surface area contributed by atoms with Crippen LogP contribution in [0.3, 0.4) is 0 Å². The van der Waals surface area contributed by atoms with Crippen molar-refractivity contribution in [2.75, 3.05) is 47.4 Å². The van der Waals surface area contributed by atoms with Crippen LogP contribution in [0.2, 0.25) is 0 Å². The van der Waals surface area contributed by atoms with E-state index in [1.54, 1.807) is 31.9 Å². The number of rotatable bonds is 18. The van der Waals surface area contributed by atoms with Crippen LogP contribution >= 0.6 is 0 Å². The molecule has 1 aromatic heterocycles. The van der Waals surface area contributed by atoms with Crippen molar-refractivity contribution in [1.82, 2.24) is 24.6 Å². The van der Waals surface area contributed by atoms with Gasteiger partial charge < -0.3 is 40.9 Å². The normalized spacial score (nSPS) is 17.1. The molecule has 0 bridgehead atoms. The predicted molar refractivity (Wildman–Crippen MR) is 391 cm³/mol. The number of hydrogen-bond donors (Lipinski definition) is 4. The quantitative estimate of drug-likeness (QED) is 0.0643. The first-order valence-electron chi connectivity index (χ1n) is 34.5. The first kappa shape index (κ1) is 67.0. The van der Waals surface area contributed by atoms with Gasteiger partial charge in [-0.1, -0.05) is 170 Å². The summed E-state index contributed by atoms with van der Waals surface area (Å²) in [5.41, 5.74) is 9.71. The maximum absolute atomic E-state index is 13.3. The van der Waals surface area contributed by atoms with E-state index >= 15 is 0 Å². The Kier molecular flexibility index (Phi) is 21.0. The van der Waals surface area contributed by atoms with E-state index in [1.165, 1.54) is 0 Å². The minimum absolute atomic E-state index is 0.0261. The second-order valence-corrected chi connectivity index (χ2v) is 26.2. The molecule has 0 saturated carbocycles. The number of amides is 8. The maximum Gasteiger partial charge on any atom is 0.248 e. The molecular weight excluding hydrogens is 1250 g/mol. The van der Waals surface area contributed by atoms with Crippen LogP contribution in [0.5, 0.6) is 0 Å². The fourth-order valence-electron chi connectivity index (χ4n) is 14.1. The van der Waals surface area contributed by atoms with Crippen molar-refractivity contribution < 1.29 is 38.4 Å². The molecule has 4 fully saturated rings. The summed E-state index contributed by atoms with van der Waals surface area (Å²) in [7, 11) is 0. The molecular formula is C83H79N9O8. The number of anilines is 4. The van der Waals surface area contributed by atoms with Crippen LogP contribution in [0.1, 0.15) is 73.6 Å². The SMILES string of the molecule is O=C(Nc1ccc(-c2ccc3cc(NC(=O)[C@@H]4CCCN4C(=O)Cc4ccccc4)ccc3c2)cc1)[C@@H]1CCCN1C(=O)Cc1ccccc1.O=C(Nc1ccc2cc(-c3ccc(NC(=O)[C@@H]4CCCN4C(=O)Cc4ccccc4)nc3)ccc2c1)[C@@H]1CCCN1C(=O)Cc1ccccc1. The Labute approximate surface area is 581 Å². The predicted octanol–water partition coefficient (Wildman–Crippen LogP) is 13.1. The van der Waals surface area contributed by atoms with Crippen molar-refractivity contribution in [1.29, 1.82) is 0 Å². The zero-order valence-electron chi connectivity index (χ0n) is 55.6. The molecule has 14 rings (SSSR count). The summed E-state index contributed by atoms with van der Waals surface area (Å²) in [5, 5.41) is 16.0. The van der Waals surface area contributed by atoms with Crippen LogP contribution in [0.25, 0.3) is 43.8 Å². The summed E-state index contributed by atoms with van der Waals surface area (Å²) in [6.07, 6.45) is 8.65. The number of fused-ring (bicyclic) bond motifs is 2. The van der Waals surface area contributed by atoms with Crippen LogP contribution in [-0.2, 0) is 64.0 Å². The van der Waals surface area contributed by atoms with E-state index in [0.717, 1.165) is 91.7 Å². The number of likely N-dealkylation sites (tertiary alicyclic amines) is 4. The van der Waals surface area contributed by atoms with Gasteiger partial charge in [-0.2, -0.15) is 0 Å². The second-order valence-electron chi connectivity index (χ2n) is 26.2. The molecule has 0 aliphatic carbocycles. The van der Waals surface area contributed by atoms with Crippen LogP contribution in [-0.4, -0.2) is 122 Å². The van der Waals surface area contributed by atoms with Gasteiger partial charge in [0.25, 0.3) is 0 Å². The van der Waals surface area contributed by atoms with Crippen LogP contribution in [0, 0.1) is 0 Å². The van der Waals surface area contributed by atoms with Crippen molar-refractivity contribution in [3.05, 3.63) is 259 Å². The van der Waals surface area contributed by atoms with Gasteiger partial charge in [-0.05, 0) is 173 Å². The molecule has 504 valence electrons. The summed E-state index contributed by atoms with van der Waals surface area (Å²) in [5.74, 6) is -0.412. The van der Waals surface area contributed by atoms with Crippen LogP contribution in [0.4, 0.5) is 22.9 Å². The van der Waals surface area contributed by atoms with Gasteiger partial charge in [-0.15, -0.1) is 0 Å². The third-order valence-corrected chi connectivity index (χ3v) is 19.3. The topological polar surface area (TPSA) is 211 Å². The molecule has 17 nitrogen and oxygen atoms in total. The van der Waals surface area contributed by atoms with Crippen molar-refractivity contribution in [3.63, 3.8) is 0 Å². The molecule has 4 saturated heterocycles. The highest BCUT2D eigenvalue weighted by atomic mass is 16.2. The van der Waals surface area contributed by atoms with Crippen molar-refractivity contribution in [2.24, 2.45) is 0 Å². The second kappa shape index (κ2) is 31.3. The Bertz CT molecular complexity index is 4320. The molecule has 17 heteroatoms. The smallest absolute Gasteiger partial charge is 0.248 e. The fourth-order valence-corrected chi connectivity index (χ4v) is 14.1. The number of carbonyl (C=O) groups is 8. The number of aromatic nitrogens is 1. The number of carbonyl (C=O) groups excluding carboxylic acids is 8. The number of benzene rings is 9. The van der Waals surface area contributed by atoms with Gasteiger partial charge in [0.15, 0.2) is 0 Å². The lowest BCUT2D eigenvalue weighted by atomic mass is 10.0. The van der Waals surface area contributed by atoms with Crippen molar-refractivity contribution in [3.8, 4) is 22.3 Å². The highest BCUT2D eigenvalue weighted by molar-refractivity contribution is 6.03. The number of hydrogen-bond acceptors (Lipinski definition) is 9. The van der Waals surface area contributed by atoms with Gasteiger partial charge in [0.1, 0.15) is 30.0 Å². The standard InChI is InChI=1S/C42H40N4O4.C41H39N5O4/c47-39(25-29-9-3-1-4-10-29)45-23-7-13-37(45)41(49)43-35-20-17-31(18-21-35)32-15-16-34-28-36(22-19-33(34)27-32)44-42(50)38-14-8-24-46(38)40(48)26-30-11-5-2-6-12-30;47-38(23-28-9-3-1-4-10-28)45-21-7-13-35(45)40(49)43-34-19-17-30-25-31(15-16-32(30)26-34)33-18-20-37(42-27-33)44-41(50)36-14-8-22-46(36)39(48)24-29-11-5-2-6-12-29/h1-6,9-12,15-22,27-28,37-38H,7-8,13-14,23-26H2,(H,43,49)(H,44,50);1-6,9-12,15-20,25-27,35-36H,7-8,13-14,21-24H2,(H,43,49)(H,42,44,50)/t37-,38-;35-,36-/m00/s1. The molecule has 4 atom stereocenters. The summed E-state index contributed by atoms with van der Waals surface area (Å²) in [6.45, 7) is 2.34. The molecule has 4 aliphatic rings. The van der Waals surface area contributed by atoms with Gasteiger partial charge in [0, 0.05) is 55.0 Å². The Morgan fingerprint density at radius 1 is 0.300 bits per heavy atom. The first-order chi connectivity index (χ1) is 48.8. The number of pyridine rings is 1. The third kappa shape index (κ3) is 16.3. The van der Waals surface area contributed by atoms with E-state index in [0.29, 0.717) is 74.7 Å². The molecule has 0 radical (unpaired) electrons. The summed E-state index contributed by atoms with van der Waals surface area (Å²) in [4.78, 5) is 116. The highest BCUT2D eigenvalue weighted by Crippen LogP contribution is 2.32. The average Bonchev–Trinajstić information content (AvgIpc) is 1.67. The van der Waals surface area contributed by atoms with E-state index in [4.69, 9.17) is 0 Å². The lowest BCUT2D eigenvalue weighted by molar-refractivity contribution is -0.136. The molecule has 0 unspecified atom stereocenters. The summed E-state index contributed by atoms with van der Waals surface area (Å²) < 4.78 is 0. The molecule has 100 heavy (non-hydrogen) atoms. The van der Waals surface area contributed by atoms with Crippen LogP contribution in [0.15, 0.2) is 237 Å². The zero-order valence-corrected chi connectivity index (χ0v) is 55.6. The van der Waals surface area contributed by atoms with E-state index in [2.05, 4.69) is 38.4 Å². The number of nitrogens with one attached hydrogen (secondary N) is 4. The fraction of sp³-hybridized carbons (Fsp3) is 0.241. The van der Waals surface area contributed by atoms with Crippen molar-refractivity contribution >= 4 is 91.7 Å². The lowest BCUT2D eigenvalue weighted by Crippen LogP contribution is -2.43. The van der Waals surface area contributed by atoms with Gasteiger partial charge >= 0.3 is 0 Å². The Balaban J connectivity index is 0.000000179. The monoisotopic (exact) mass is 1330 g/mol. The van der Waals surface area contributed by atoms with Gasteiger partial charge in [-0.3, -0.25) is 38.4 Å². The minimum atomic E-state index is -0.512. The Hall–Kier alpha value is -11.6. The molecule has 4 aliphatic heterocycles. The summed E-state index contributed by atoms with van der Waals surface area (Å²) >= 11 is 0. The third-order valence-electron chi connectivity index (χ3n) is 19.3. The molecule has 8 amide bonds. The maximum atomic E-state index is 13.3. The lowest BCUT2D eigenvalue weighted by Gasteiger charge is -2.24. The van der Waals surface area contributed by atoms with Crippen LogP contribution < -0.4 is 21.3 Å². The Morgan fingerprint density at radius 3 is 0.940 bits per heavy atom. The largest absolute Gasteiger partial charge is 0.330 e.